The Labute approximate surface area is 102 Å². The first-order valence-electron chi connectivity index (χ1n) is 6.57. The van der Waals surface area contributed by atoms with E-state index in [0.717, 1.165) is 6.42 Å². The van der Waals surface area contributed by atoms with Gasteiger partial charge in [-0.25, -0.2) is 4.52 Å². The molecule has 1 fully saturated rings. The zero-order chi connectivity index (χ0) is 11.5. The predicted molar refractivity (Wildman–Crippen MR) is 69.2 cm³/mol. The summed E-state index contributed by atoms with van der Waals surface area (Å²) < 4.78 is 1.96. The molecule has 0 aliphatic carbocycles. The van der Waals surface area contributed by atoms with E-state index < -0.39 is 0 Å². The maximum absolute atomic E-state index is 4.38. The van der Waals surface area contributed by atoms with Gasteiger partial charge in [0.05, 0.1) is 11.7 Å². The predicted octanol–water partition coefficient (Wildman–Crippen LogP) is 2.36. The van der Waals surface area contributed by atoms with Gasteiger partial charge in [0.2, 0.25) is 0 Å². The minimum Gasteiger partial charge on any atom is -0.303 e. The Morgan fingerprint density at radius 3 is 2.88 bits per heavy atom. The smallest absolute Gasteiger partial charge is 0.0694 e. The lowest BCUT2D eigenvalue weighted by Gasteiger charge is -2.26. The van der Waals surface area contributed by atoms with Crippen molar-refractivity contribution in [3.63, 3.8) is 0 Å². The standard InChI is InChI=1S/C14H19N3/c1-3-8-16(9-4-1)11-7-13-12-15-17-10-5-2-6-14(13)17/h2,5-6,10,12H,1,3-4,7-9,11H2. The van der Waals surface area contributed by atoms with Crippen LogP contribution < -0.4 is 0 Å². The molecule has 17 heavy (non-hydrogen) atoms. The van der Waals surface area contributed by atoms with Crippen molar-refractivity contribution in [1.82, 2.24) is 14.5 Å². The van der Waals surface area contributed by atoms with E-state index >= 15 is 0 Å². The Kier molecular flexibility index (Phi) is 3.10. The van der Waals surface area contributed by atoms with Crippen LogP contribution in [0.5, 0.6) is 0 Å². The second-order valence-corrected chi connectivity index (χ2v) is 4.85. The SMILES string of the molecule is c1ccn2ncc(CCN3CCCCC3)c2c1. The molecule has 0 aromatic carbocycles. The summed E-state index contributed by atoms with van der Waals surface area (Å²) in [7, 11) is 0. The highest BCUT2D eigenvalue weighted by atomic mass is 15.2. The molecule has 1 aliphatic heterocycles. The zero-order valence-electron chi connectivity index (χ0n) is 10.2. The number of piperidine rings is 1. The van der Waals surface area contributed by atoms with Crippen molar-refractivity contribution in [3.8, 4) is 0 Å². The van der Waals surface area contributed by atoms with Gasteiger partial charge in [-0.2, -0.15) is 5.10 Å². The number of rotatable bonds is 3. The first-order chi connectivity index (χ1) is 8.43. The summed E-state index contributed by atoms with van der Waals surface area (Å²) in [4.78, 5) is 2.58. The van der Waals surface area contributed by atoms with E-state index in [1.807, 2.05) is 23.0 Å². The van der Waals surface area contributed by atoms with Crippen LogP contribution in [0, 0.1) is 0 Å². The number of aromatic nitrogens is 2. The minimum absolute atomic E-state index is 1.12. The maximum Gasteiger partial charge on any atom is 0.0694 e. The van der Waals surface area contributed by atoms with Gasteiger partial charge in [-0.15, -0.1) is 0 Å². The molecule has 3 heteroatoms. The Hall–Kier alpha value is -1.35. The summed E-state index contributed by atoms with van der Waals surface area (Å²) in [6.45, 7) is 3.73. The van der Waals surface area contributed by atoms with E-state index in [4.69, 9.17) is 0 Å². The van der Waals surface area contributed by atoms with E-state index in [0.29, 0.717) is 0 Å². The molecule has 3 rings (SSSR count). The quantitative estimate of drug-likeness (QED) is 0.805. The van der Waals surface area contributed by atoms with Crippen LogP contribution in [0.15, 0.2) is 30.6 Å². The molecule has 90 valence electrons. The van der Waals surface area contributed by atoms with E-state index in [9.17, 15) is 0 Å². The van der Waals surface area contributed by atoms with Crippen LogP contribution in [0.4, 0.5) is 0 Å². The molecule has 0 spiro atoms. The molecular weight excluding hydrogens is 210 g/mol. The summed E-state index contributed by atoms with van der Waals surface area (Å²) >= 11 is 0. The summed E-state index contributed by atoms with van der Waals surface area (Å²) in [6, 6.07) is 6.26. The van der Waals surface area contributed by atoms with Crippen molar-refractivity contribution in [2.24, 2.45) is 0 Å². The fourth-order valence-electron chi connectivity index (χ4n) is 2.64. The lowest BCUT2D eigenvalue weighted by atomic mass is 10.1. The van der Waals surface area contributed by atoms with Crippen LogP contribution in [0.3, 0.4) is 0 Å². The molecule has 0 unspecified atom stereocenters. The van der Waals surface area contributed by atoms with Gasteiger partial charge in [0.1, 0.15) is 0 Å². The van der Waals surface area contributed by atoms with E-state index in [1.165, 1.54) is 50.0 Å². The number of nitrogens with zero attached hydrogens (tertiary/aromatic N) is 3. The summed E-state index contributed by atoms with van der Waals surface area (Å²) in [5, 5.41) is 4.38. The van der Waals surface area contributed by atoms with Crippen molar-refractivity contribution in [1.29, 1.82) is 0 Å². The molecule has 1 aliphatic rings. The fraction of sp³-hybridized carbons (Fsp3) is 0.500. The third-order valence-corrected chi connectivity index (χ3v) is 3.65. The Morgan fingerprint density at radius 2 is 2.00 bits per heavy atom. The third kappa shape index (κ3) is 2.34. The highest BCUT2D eigenvalue weighted by molar-refractivity contribution is 5.53. The molecule has 2 aromatic heterocycles. The van der Waals surface area contributed by atoms with Gasteiger partial charge in [-0.3, -0.25) is 0 Å². The molecular formula is C14H19N3. The molecule has 0 bridgehead atoms. The van der Waals surface area contributed by atoms with Crippen LogP contribution in [-0.2, 0) is 6.42 Å². The zero-order valence-corrected chi connectivity index (χ0v) is 10.2. The third-order valence-electron chi connectivity index (χ3n) is 3.65. The summed E-state index contributed by atoms with van der Waals surface area (Å²) in [5.74, 6) is 0. The highest BCUT2D eigenvalue weighted by Gasteiger charge is 2.11. The second-order valence-electron chi connectivity index (χ2n) is 4.85. The number of likely N-dealkylation sites (tertiary alicyclic amines) is 1. The van der Waals surface area contributed by atoms with E-state index in [2.05, 4.69) is 22.1 Å². The van der Waals surface area contributed by atoms with Gasteiger partial charge < -0.3 is 4.90 Å². The van der Waals surface area contributed by atoms with Crippen LogP contribution >= 0.6 is 0 Å². The lowest BCUT2D eigenvalue weighted by molar-refractivity contribution is 0.231. The topological polar surface area (TPSA) is 20.5 Å². The molecule has 0 amide bonds. The molecule has 3 nitrogen and oxygen atoms in total. The molecule has 0 N–H and O–H groups in total. The molecule has 2 aromatic rings. The van der Waals surface area contributed by atoms with Gasteiger partial charge in [-0.05, 0) is 50.0 Å². The first-order valence-corrected chi connectivity index (χ1v) is 6.57. The van der Waals surface area contributed by atoms with Crippen LogP contribution in [-0.4, -0.2) is 34.1 Å². The fourth-order valence-corrected chi connectivity index (χ4v) is 2.64. The molecule has 1 saturated heterocycles. The van der Waals surface area contributed by atoms with Crippen LogP contribution in [0.25, 0.3) is 5.52 Å². The molecule has 0 atom stereocenters. The Bertz CT molecular complexity index is 483. The largest absolute Gasteiger partial charge is 0.303 e. The number of hydrogen-bond donors (Lipinski definition) is 0. The van der Waals surface area contributed by atoms with Crippen molar-refractivity contribution in [2.75, 3.05) is 19.6 Å². The summed E-state index contributed by atoms with van der Waals surface area (Å²) in [5.41, 5.74) is 2.63. The van der Waals surface area contributed by atoms with Gasteiger partial charge >= 0.3 is 0 Å². The molecule has 0 radical (unpaired) electrons. The van der Waals surface area contributed by atoms with Crippen molar-refractivity contribution < 1.29 is 0 Å². The van der Waals surface area contributed by atoms with E-state index in [1.54, 1.807) is 0 Å². The first kappa shape index (κ1) is 10.8. The van der Waals surface area contributed by atoms with Crippen molar-refractivity contribution in [2.45, 2.75) is 25.7 Å². The highest BCUT2D eigenvalue weighted by Crippen LogP contribution is 2.13. The lowest BCUT2D eigenvalue weighted by Crippen LogP contribution is -2.31. The van der Waals surface area contributed by atoms with Gasteiger partial charge in [-0.1, -0.05) is 12.5 Å². The minimum atomic E-state index is 1.12. The van der Waals surface area contributed by atoms with Gasteiger partial charge in [0.25, 0.3) is 0 Å². The average molecular weight is 229 g/mol. The normalized spacial score (nSPS) is 17.6. The number of fused-ring (bicyclic) bond motifs is 1. The Morgan fingerprint density at radius 1 is 1.12 bits per heavy atom. The monoisotopic (exact) mass is 229 g/mol. The molecule has 3 heterocycles. The molecule has 0 saturated carbocycles. The van der Waals surface area contributed by atoms with Gasteiger partial charge in [0.15, 0.2) is 0 Å². The average Bonchev–Trinajstić information content (AvgIpc) is 2.81. The maximum atomic E-state index is 4.38. The summed E-state index contributed by atoms with van der Waals surface area (Å²) in [6.07, 6.45) is 9.29. The van der Waals surface area contributed by atoms with E-state index in [-0.39, 0.29) is 0 Å². The van der Waals surface area contributed by atoms with Crippen LogP contribution in [0.2, 0.25) is 0 Å². The second kappa shape index (κ2) is 4.88. The number of pyridine rings is 1. The van der Waals surface area contributed by atoms with Gasteiger partial charge in [0, 0.05) is 12.7 Å². The van der Waals surface area contributed by atoms with Crippen molar-refractivity contribution >= 4 is 5.52 Å². The number of hydrogen-bond acceptors (Lipinski definition) is 2. The van der Waals surface area contributed by atoms with Crippen LogP contribution in [0.1, 0.15) is 24.8 Å². The van der Waals surface area contributed by atoms with Crippen molar-refractivity contribution in [3.05, 3.63) is 36.2 Å². The Balaban J connectivity index is 1.68.